The van der Waals surface area contributed by atoms with E-state index in [1.165, 1.54) is 0 Å². The lowest BCUT2D eigenvalue weighted by atomic mass is 10.0. The number of carboxylic acids is 1. The topological polar surface area (TPSA) is 37.3 Å². The molecule has 0 aliphatic heterocycles. The van der Waals surface area contributed by atoms with Crippen LogP contribution in [0.5, 0.6) is 0 Å². The minimum atomic E-state index is -0.742. The fourth-order valence-electron chi connectivity index (χ4n) is 1.27. The van der Waals surface area contributed by atoms with Gasteiger partial charge in [-0.1, -0.05) is 32.6 Å². The molecule has 0 aromatic rings. The number of carboxylic acid groups (broad SMARTS) is 1. The maximum Gasteiger partial charge on any atom is 0.304 e. The Labute approximate surface area is 86.7 Å². The molecule has 1 N–H and O–H groups in total. The standard InChI is InChI=1S/C12H20O2/c1-3-5-6-7-9-11(8-4-2)10-12(13)14/h11H,3-6,8,10H2,1-2H3,(H,13,14). The first-order valence-corrected chi connectivity index (χ1v) is 5.40. The molecule has 1 atom stereocenters. The van der Waals surface area contributed by atoms with Gasteiger partial charge in [0.15, 0.2) is 0 Å². The van der Waals surface area contributed by atoms with Gasteiger partial charge in [-0.15, -0.1) is 5.92 Å². The van der Waals surface area contributed by atoms with E-state index in [0.717, 1.165) is 32.1 Å². The lowest BCUT2D eigenvalue weighted by Crippen LogP contribution is -2.05. The van der Waals surface area contributed by atoms with E-state index in [2.05, 4.69) is 25.7 Å². The predicted octanol–water partition coefficient (Wildman–Crippen LogP) is 3.07. The Morgan fingerprint density at radius 3 is 2.57 bits per heavy atom. The number of hydrogen-bond acceptors (Lipinski definition) is 1. The van der Waals surface area contributed by atoms with Crippen LogP contribution in [0.1, 0.15) is 52.4 Å². The molecule has 0 aliphatic rings. The summed E-state index contributed by atoms with van der Waals surface area (Å²) in [5, 5.41) is 8.65. The van der Waals surface area contributed by atoms with Crippen molar-refractivity contribution < 1.29 is 9.90 Å². The molecular formula is C12H20O2. The van der Waals surface area contributed by atoms with E-state index in [9.17, 15) is 4.79 Å². The van der Waals surface area contributed by atoms with Crippen LogP contribution in [0.3, 0.4) is 0 Å². The van der Waals surface area contributed by atoms with Crippen LogP contribution in [0.2, 0.25) is 0 Å². The summed E-state index contributed by atoms with van der Waals surface area (Å²) >= 11 is 0. The van der Waals surface area contributed by atoms with Crippen LogP contribution in [0.25, 0.3) is 0 Å². The minimum absolute atomic E-state index is 0.0503. The number of unbranched alkanes of at least 4 members (excludes halogenated alkanes) is 2. The van der Waals surface area contributed by atoms with Crippen molar-refractivity contribution in [3.8, 4) is 11.8 Å². The average Bonchev–Trinajstić information content (AvgIpc) is 2.12. The maximum atomic E-state index is 10.5. The zero-order valence-corrected chi connectivity index (χ0v) is 9.18. The van der Waals surface area contributed by atoms with Crippen molar-refractivity contribution in [2.45, 2.75) is 52.4 Å². The van der Waals surface area contributed by atoms with E-state index in [0.29, 0.717) is 0 Å². The predicted molar refractivity (Wildman–Crippen MR) is 58.0 cm³/mol. The molecule has 0 bridgehead atoms. The van der Waals surface area contributed by atoms with Crippen LogP contribution >= 0.6 is 0 Å². The van der Waals surface area contributed by atoms with Crippen molar-refractivity contribution in [1.82, 2.24) is 0 Å². The Bertz CT molecular complexity index is 210. The van der Waals surface area contributed by atoms with Gasteiger partial charge in [-0.3, -0.25) is 4.79 Å². The third-order valence-electron chi connectivity index (χ3n) is 2.02. The third kappa shape index (κ3) is 7.67. The van der Waals surface area contributed by atoms with Gasteiger partial charge in [-0.05, 0) is 12.8 Å². The summed E-state index contributed by atoms with van der Waals surface area (Å²) in [5.41, 5.74) is 0. The summed E-state index contributed by atoms with van der Waals surface area (Å²) < 4.78 is 0. The third-order valence-corrected chi connectivity index (χ3v) is 2.02. The van der Waals surface area contributed by atoms with Crippen LogP contribution in [0, 0.1) is 17.8 Å². The summed E-state index contributed by atoms with van der Waals surface area (Å²) in [6.07, 6.45) is 5.24. The van der Waals surface area contributed by atoms with Gasteiger partial charge in [0.25, 0.3) is 0 Å². The van der Waals surface area contributed by atoms with E-state index in [-0.39, 0.29) is 12.3 Å². The second-order valence-electron chi connectivity index (χ2n) is 3.51. The second kappa shape index (κ2) is 8.62. The number of rotatable bonds is 6. The summed E-state index contributed by atoms with van der Waals surface area (Å²) in [4.78, 5) is 10.5. The first kappa shape index (κ1) is 13.0. The van der Waals surface area contributed by atoms with E-state index < -0.39 is 5.97 Å². The molecule has 0 heterocycles. The molecule has 2 nitrogen and oxygen atoms in total. The molecule has 0 fully saturated rings. The van der Waals surface area contributed by atoms with Gasteiger partial charge in [-0.25, -0.2) is 0 Å². The van der Waals surface area contributed by atoms with Gasteiger partial charge in [0.1, 0.15) is 0 Å². The zero-order valence-electron chi connectivity index (χ0n) is 9.18. The maximum absolute atomic E-state index is 10.5. The van der Waals surface area contributed by atoms with Crippen molar-refractivity contribution in [2.24, 2.45) is 5.92 Å². The zero-order chi connectivity index (χ0) is 10.8. The molecule has 0 spiro atoms. The number of hydrogen-bond donors (Lipinski definition) is 1. The van der Waals surface area contributed by atoms with Crippen molar-refractivity contribution in [2.75, 3.05) is 0 Å². The highest BCUT2D eigenvalue weighted by Gasteiger charge is 2.08. The van der Waals surface area contributed by atoms with E-state index >= 15 is 0 Å². The molecule has 0 rings (SSSR count). The fourth-order valence-corrected chi connectivity index (χ4v) is 1.27. The highest BCUT2D eigenvalue weighted by Crippen LogP contribution is 2.09. The van der Waals surface area contributed by atoms with Crippen molar-refractivity contribution >= 4 is 5.97 Å². The molecule has 0 saturated heterocycles. The molecule has 80 valence electrons. The Balaban J connectivity index is 3.91. The van der Waals surface area contributed by atoms with E-state index in [1.807, 2.05) is 0 Å². The number of aliphatic carboxylic acids is 1. The summed E-state index contributed by atoms with van der Waals surface area (Å²) in [6, 6.07) is 0. The Hall–Kier alpha value is -0.970. The molecule has 0 aromatic carbocycles. The average molecular weight is 196 g/mol. The minimum Gasteiger partial charge on any atom is -0.481 e. The lowest BCUT2D eigenvalue weighted by molar-refractivity contribution is -0.137. The van der Waals surface area contributed by atoms with E-state index in [4.69, 9.17) is 5.11 Å². The summed E-state index contributed by atoms with van der Waals surface area (Å²) in [6.45, 7) is 4.19. The van der Waals surface area contributed by atoms with Gasteiger partial charge in [0.2, 0.25) is 0 Å². The van der Waals surface area contributed by atoms with Crippen LogP contribution in [0.4, 0.5) is 0 Å². The van der Waals surface area contributed by atoms with Crippen LogP contribution in [-0.2, 0) is 4.79 Å². The van der Waals surface area contributed by atoms with Crippen LogP contribution in [-0.4, -0.2) is 11.1 Å². The molecule has 0 aromatic heterocycles. The monoisotopic (exact) mass is 196 g/mol. The Morgan fingerprint density at radius 1 is 1.36 bits per heavy atom. The highest BCUT2D eigenvalue weighted by atomic mass is 16.4. The fraction of sp³-hybridized carbons (Fsp3) is 0.750. The highest BCUT2D eigenvalue weighted by molar-refractivity contribution is 5.67. The van der Waals surface area contributed by atoms with Crippen molar-refractivity contribution in [3.63, 3.8) is 0 Å². The molecule has 1 unspecified atom stereocenters. The van der Waals surface area contributed by atoms with Gasteiger partial charge in [-0.2, -0.15) is 0 Å². The van der Waals surface area contributed by atoms with Crippen molar-refractivity contribution in [1.29, 1.82) is 0 Å². The normalized spacial score (nSPS) is 11.6. The van der Waals surface area contributed by atoms with Crippen LogP contribution < -0.4 is 0 Å². The summed E-state index contributed by atoms with van der Waals surface area (Å²) in [5.74, 6) is 5.43. The molecule has 14 heavy (non-hydrogen) atoms. The van der Waals surface area contributed by atoms with Crippen LogP contribution in [0.15, 0.2) is 0 Å². The largest absolute Gasteiger partial charge is 0.481 e. The summed E-state index contributed by atoms with van der Waals surface area (Å²) in [7, 11) is 0. The molecule has 0 saturated carbocycles. The lowest BCUT2D eigenvalue weighted by Gasteiger charge is -2.04. The SMILES string of the molecule is CCCCC#CC(CCC)CC(=O)O. The van der Waals surface area contributed by atoms with Gasteiger partial charge < -0.3 is 5.11 Å². The Morgan fingerprint density at radius 2 is 2.07 bits per heavy atom. The molecule has 2 heteroatoms. The molecular weight excluding hydrogens is 176 g/mol. The first-order valence-electron chi connectivity index (χ1n) is 5.40. The smallest absolute Gasteiger partial charge is 0.304 e. The second-order valence-corrected chi connectivity index (χ2v) is 3.51. The first-order chi connectivity index (χ1) is 6.70. The molecule has 0 aliphatic carbocycles. The molecule has 0 amide bonds. The van der Waals surface area contributed by atoms with Gasteiger partial charge in [0.05, 0.1) is 6.42 Å². The Kier molecular flexibility index (Phi) is 8.02. The quantitative estimate of drug-likeness (QED) is 0.523. The van der Waals surface area contributed by atoms with Gasteiger partial charge >= 0.3 is 5.97 Å². The number of carbonyl (C=O) groups is 1. The van der Waals surface area contributed by atoms with Gasteiger partial charge in [0, 0.05) is 12.3 Å². The van der Waals surface area contributed by atoms with Crippen molar-refractivity contribution in [3.05, 3.63) is 0 Å². The molecule has 0 radical (unpaired) electrons. The van der Waals surface area contributed by atoms with E-state index in [1.54, 1.807) is 0 Å².